The van der Waals surface area contributed by atoms with Gasteiger partial charge >= 0.3 is 0 Å². The van der Waals surface area contributed by atoms with Gasteiger partial charge < -0.3 is 10.6 Å². The van der Waals surface area contributed by atoms with Crippen molar-refractivity contribution in [3.05, 3.63) is 39.7 Å². The van der Waals surface area contributed by atoms with Crippen molar-refractivity contribution in [2.75, 3.05) is 25.9 Å². The van der Waals surface area contributed by atoms with Crippen molar-refractivity contribution in [1.29, 1.82) is 5.26 Å². The molecular formula is C14H17FN4O4S. The van der Waals surface area contributed by atoms with E-state index in [0.29, 0.717) is 0 Å². The highest BCUT2D eigenvalue weighted by molar-refractivity contribution is 7.93. The van der Waals surface area contributed by atoms with Crippen LogP contribution in [-0.2, 0) is 15.4 Å². The fraction of sp³-hybridized carbons (Fsp3) is 0.500. The van der Waals surface area contributed by atoms with E-state index in [-0.39, 0.29) is 24.3 Å². The predicted molar refractivity (Wildman–Crippen MR) is 84.2 cm³/mol. The first-order valence-corrected chi connectivity index (χ1v) is 8.65. The van der Waals surface area contributed by atoms with Gasteiger partial charge in [-0.1, -0.05) is 0 Å². The lowest BCUT2D eigenvalue weighted by molar-refractivity contribution is -0.385. The average Bonchev–Trinajstić information content (AvgIpc) is 2.42. The molecule has 0 bridgehead atoms. The summed E-state index contributed by atoms with van der Waals surface area (Å²) in [7, 11) is -2.31. The molecule has 1 aliphatic rings. The topological polar surface area (TPSA) is 130 Å². The van der Waals surface area contributed by atoms with Crippen LogP contribution in [0.5, 0.6) is 0 Å². The molecule has 130 valence electrons. The second-order valence-corrected chi connectivity index (χ2v) is 8.68. The molecule has 0 aliphatic carbocycles. The summed E-state index contributed by atoms with van der Waals surface area (Å²) in [5.74, 6) is -1.53. The van der Waals surface area contributed by atoms with Gasteiger partial charge in [-0.25, -0.2) is 12.8 Å². The predicted octanol–water partition coefficient (Wildman–Crippen LogP) is 0.530. The number of halogens is 1. The fourth-order valence-electron chi connectivity index (χ4n) is 2.84. The lowest BCUT2D eigenvalue weighted by Gasteiger charge is -2.43. The second kappa shape index (κ2) is 5.77. The number of nitro groups is 1. The average molecular weight is 356 g/mol. The molecule has 1 atom stereocenters. The van der Waals surface area contributed by atoms with E-state index < -0.39 is 36.6 Å². The van der Waals surface area contributed by atoms with Gasteiger partial charge in [-0.2, -0.15) is 5.26 Å². The Bertz CT molecular complexity index is 826. The maximum Gasteiger partial charge on any atom is 0.269 e. The molecule has 2 rings (SSSR count). The Labute approximate surface area is 138 Å². The minimum atomic E-state index is -3.99. The minimum absolute atomic E-state index is 0.0410. The molecule has 0 radical (unpaired) electrons. The maximum atomic E-state index is 14.1. The smallest absolute Gasteiger partial charge is 0.269 e. The quantitative estimate of drug-likeness (QED) is 0.601. The number of likely N-dealkylation sites (tertiary alicyclic amines) is 1. The van der Waals surface area contributed by atoms with Gasteiger partial charge in [-0.05, 0) is 20.0 Å². The van der Waals surface area contributed by atoms with Crippen molar-refractivity contribution in [3.8, 4) is 6.07 Å². The van der Waals surface area contributed by atoms with Crippen LogP contribution in [0, 0.1) is 27.3 Å². The fourth-order valence-corrected chi connectivity index (χ4v) is 5.03. The van der Waals surface area contributed by atoms with Gasteiger partial charge in [0, 0.05) is 30.8 Å². The molecule has 1 aromatic carbocycles. The van der Waals surface area contributed by atoms with Crippen molar-refractivity contribution in [2.45, 2.75) is 17.2 Å². The number of non-ortho nitro benzene ring substituents is 1. The molecule has 0 spiro atoms. The van der Waals surface area contributed by atoms with Crippen LogP contribution in [0.15, 0.2) is 18.2 Å². The Morgan fingerprint density at radius 2 is 2.12 bits per heavy atom. The highest BCUT2D eigenvalue weighted by atomic mass is 32.2. The molecule has 24 heavy (non-hydrogen) atoms. The molecule has 0 saturated carbocycles. The zero-order valence-electron chi connectivity index (χ0n) is 13.2. The van der Waals surface area contributed by atoms with E-state index in [9.17, 15) is 28.2 Å². The van der Waals surface area contributed by atoms with E-state index >= 15 is 0 Å². The number of hydrogen-bond acceptors (Lipinski definition) is 7. The number of nitro benzene ring substituents is 1. The molecule has 1 fully saturated rings. The molecule has 1 aliphatic heterocycles. The molecular weight excluding hydrogens is 339 g/mol. The first kappa shape index (κ1) is 18.3. The van der Waals surface area contributed by atoms with Gasteiger partial charge in [0.25, 0.3) is 5.69 Å². The van der Waals surface area contributed by atoms with Crippen LogP contribution in [-0.4, -0.2) is 48.9 Å². The van der Waals surface area contributed by atoms with Crippen LogP contribution >= 0.6 is 0 Å². The summed E-state index contributed by atoms with van der Waals surface area (Å²) in [6.07, 6.45) is 0. The summed E-state index contributed by atoms with van der Waals surface area (Å²) < 4.78 is 37.8. The van der Waals surface area contributed by atoms with Crippen LogP contribution in [0.25, 0.3) is 0 Å². The van der Waals surface area contributed by atoms with E-state index in [0.717, 1.165) is 18.2 Å². The number of rotatable bonds is 5. The Morgan fingerprint density at radius 3 is 2.58 bits per heavy atom. The third-order valence-electron chi connectivity index (χ3n) is 4.12. The lowest BCUT2D eigenvalue weighted by Crippen LogP contribution is -2.65. The van der Waals surface area contributed by atoms with E-state index in [2.05, 4.69) is 0 Å². The van der Waals surface area contributed by atoms with Crippen molar-refractivity contribution in [2.24, 2.45) is 5.73 Å². The molecule has 1 saturated heterocycles. The van der Waals surface area contributed by atoms with Gasteiger partial charge in [0.15, 0.2) is 14.6 Å². The highest BCUT2D eigenvalue weighted by Crippen LogP contribution is 2.34. The number of sulfone groups is 1. The van der Waals surface area contributed by atoms with Crippen molar-refractivity contribution in [3.63, 3.8) is 0 Å². The van der Waals surface area contributed by atoms with Crippen molar-refractivity contribution >= 4 is 15.5 Å². The van der Waals surface area contributed by atoms with Gasteiger partial charge in [0.2, 0.25) is 0 Å². The van der Waals surface area contributed by atoms with E-state index in [4.69, 9.17) is 5.73 Å². The molecule has 1 aromatic rings. The molecule has 0 unspecified atom stereocenters. The zero-order chi connectivity index (χ0) is 18.3. The van der Waals surface area contributed by atoms with Crippen LogP contribution < -0.4 is 5.73 Å². The minimum Gasteiger partial charge on any atom is -0.321 e. The van der Waals surface area contributed by atoms with Gasteiger partial charge in [-0.3, -0.25) is 10.1 Å². The zero-order valence-corrected chi connectivity index (χ0v) is 14.0. The molecule has 1 heterocycles. The number of nitrogens with zero attached hydrogens (tertiary/aromatic N) is 3. The normalized spacial score (nSPS) is 19.8. The van der Waals surface area contributed by atoms with Crippen LogP contribution in [0.2, 0.25) is 0 Å². The monoisotopic (exact) mass is 356 g/mol. The Kier molecular flexibility index (Phi) is 4.39. The van der Waals surface area contributed by atoms with Crippen molar-refractivity contribution < 1.29 is 17.7 Å². The van der Waals surface area contributed by atoms with E-state index in [1.807, 2.05) is 6.07 Å². The SMILES string of the molecule is CN1CC(C#N)(S(=O)(=O)C[C@](C)(N)c2cc([N+](=O)[O-])ccc2F)C1. The Morgan fingerprint density at radius 1 is 1.54 bits per heavy atom. The molecule has 8 nitrogen and oxygen atoms in total. The first-order chi connectivity index (χ1) is 10.9. The third-order valence-corrected chi connectivity index (χ3v) is 6.64. The maximum absolute atomic E-state index is 14.1. The van der Waals surface area contributed by atoms with Gasteiger partial charge in [0.05, 0.1) is 22.3 Å². The third kappa shape index (κ3) is 2.98. The molecule has 2 N–H and O–H groups in total. The van der Waals surface area contributed by atoms with Gasteiger partial charge in [0.1, 0.15) is 5.82 Å². The van der Waals surface area contributed by atoms with E-state index in [1.54, 1.807) is 11.9 Å². The second-order valence-electron chi connectivity index (χ2n) is 6.38. The summed E-state index contributed by atoms with van der Waals surface area (Å²) in [5.41, 5.74) is 3.61. The number of nitrogens with two attached hydrogens (primary N) is 1. The summed E-state index contributed by atoms with van der Waals surface area (Å²) >= 11 is 0. The van der Waals surface area contributed by atoms with E-state index in [1.165, 1.54) is 6.92 Å². The Balaban J connectivity index is 2.40. The number of nitriles is 1. The summed E-state index contributed by atoms with van der Waals surface area (Å²) in [6, 6.07) is 4.59. The standard InChI is InChI=1S/C14H17FN4O4S/c1-13(17,11-5-10(19(20)21)3-4-12(11)15)9-24(22,23)14(6-16)7-18(2)8-14/h3-5H,7-9,17H2,1-2H3/t13-/m0/s1. The molecule has 0 amide bonds. The number of benzene rings is 1. The lowest BCUT2D eigenvalue weighted by atomic mass is 9.94. The summed E-state index contributed by atoms with van der Waals surface area (Å²) in [5, 5.41) is 20.1. The van der Waals surface area contributed by atoms with Crippen LogP contribution in [0.1, 0.15) is 12.5 Å². The largest absolute Gasteiger partial charge is 0.321 e. The Hall–Kier alpha value is -2.09. The summed E-state index contributed by atoms with van der Waals surface area (Å²) in [4.78, 5) is 11.8. The van der Waals surface area contributed by atoms with Crippen molar-refractivity contribution in [1.82, 2.24) is 4.90 Å². The molecule has 0 aromatic heterocycles. The molecule has 10 heteroatoms. The number of hydrogen-bond donors (Lipinski definition) is 1. The first-order valence-electron chi connectivity index (χ1n) is 6.99. The summed E-state index contributed by atoms with van der Waals surface area (Å²) in [6.45, 7) is 1.36. The highest BCUT2D eigenvalue weighted by Gasteiger charge is 2.54. The van der Waals surface area contributed by atoms with Crippen LogP contribution in [0.3, 0.4) is 0 Å². The van der Waals surface area contributed by atoms with Crippen LogP contribution in [0.4, 0.5) is 10.1 Å². The van der Waals surface area contributed by atoms with Gasteiger partial charge in [-0.15, -0.1) is 0 Å².